The Hall–Kier alpha value is -3.84. The van der Waals surface area contributed by atoms with Crippen molar-refractivity contribution in [1.82, 2.24) is 4.57 Å². The Labute approximate surface area is 200 Å². The van der Waals surface area contributed by atoms with Crippen LogP contribution in [0, 0.1) is 12.7 Å². The Morgan fingerprint density at radius 3 is 2.47 bits per heavy atom. The molecule has 0 saturated carbocycles. The molecule has 0 fully saturated rings. The van der Waals surface area contributed by atoms with Gasteiger partial charge in [-0.05, 0) is 60.8 Å². The highest BCUT2D eigenvalue weighted by Gasteiger charge is 2.14. The number of hydrogen-bond acceptors (Lipinski definition) is 4. The van der Waals surface area contributed by atoms with Crippen molar-refractivity contribution < 1.29 is 13.9 Å². The summed E-state index contributed by atoms with van der Waals surface area (Å²) >= 11 is 5.81. The Morgan fingerprint density at radius 2 is 1.76 bits per heavy atom. The SMILES string of the molecule is COc1ccc2cc(CNc3ccc(C)cc3)c(=O)n(CC(=O)Nc3ccc(F)c(Cl)c3)c2c1. The lowest BCUT2D eigenvalue weighted by atomic mass is 10.1. The van der Waals surface area contributed by atoms with Crippen molar-refractivity contribution in [2.24, 2.45) is 0 Å². The lowest BCUT2D eigenvalue weighted by Crippen LogP contribution is -2.30. The van der Waals surface area contributed by atoms with E-state index >= 15 is 0 Å². The summed E-state index contributed by atoms with van der Waals surface area (Å²) in [5.74, 6) is -0.461. The smallest absolute Gasteiger partial charge is 0.256 e. The van der Waals surface area contributed by atoms with Gasteiger partial charge in [-0.3, -0.25) is 14.2 Å². The number of benzene rings is 3. The van der Waals surface area contributed by atoms with Crippen LogP contribution in [-0.2, 0) is 17.9 Å². The highest BCUT2D eigenvalue weighted by molar-refractivity contribution is 6.31. The zero-order chi connectivity index (χ0) is 24.2. The number of fused-ring (bicyclic) bond motifs is 1. The van der Waals surface area contributed by atoms with E-state index in [1.54, 1.807) is 12.1 Å². The van der Waals surface area contributed by atoms with Crippen LogP contribution < -0.4 is 20.9 Å². The van der Waals surface area contributed by atoms with Crippen molar-refractivity contribution in [3.05, 3.63) is 99.1 Å². The summed E-state index contributed by atoms with van der Waals surface area (Å²) in [5.41, 5.74) is 3.14. The van der Waals surface area contributed by atoms with Gasteiger partial charge >= 0.3 is 0 Å². The van der Waals surface area contributed by atoms with Crippen molar-refractivity contribution in [3.8, 4) is 5.75 Å². The zero-order valence-electron chi connectivity index (χ0n) is 18.7. The average molecular weight is 480 g/mol. The maximum Gasteiger partial charge on any atom is 0.256 e. The zero-order valence-corrected chi connectivity index (χ0v) is 19.4. The maximum absolute atomic E-state index is 13.4. The molecule has 4 rings (SSSR count). The fourth-order valence-corrected chi connectivity index (χ4v) is 3.79. The van der Waals surface area contributed by atoms with E-state index in [1.807, 2.05) is 43.3 Å². The summed E-state index contributed by atoms with van der Waals surface area (Å²) in [5, 5.41) is 6.61. The summed E-state index contributed by atoms with van der Waals surface area (Å²) in [6.45, 7) is 2.06. The lowest BCUT2D eigenvalue weighted by molar-refractivity contribution is -0.116. The fraction of sp³-hybridized carbons (Fsp3) is 0.154. The van der Waals surface area contributed by atoms with Gasteiger partial charge in [-0.25, -0.2) is 4.39 Å². The van der Waals surface area contributed by atoms with Crippen LogP contribution in [0.15, 0.2) is 71.5 Å². The van der Waals surface area contributed by atoms with Gasteiger partial charge in [-0.1, -0.05) is 29.3 Å². The fourth-order valence-electron chi connectivity index (χ4n) is 3.61. The standard InChI is InChI=1S/C26H23ClFN3O3/c1-16-3-6-19(7-4-16)29-14-18-11-17-5-9-21(34-2)13-24(17)31(26(18)33)15-25(32)30-20-8-10-23(28)22(27)12-20/h3-13,29H,14-15H2,1-2H3,(H,30,32). The number of aromatic nitrogens is 1. The summed E-state index contributed by atoms with van der Waals surface area (Å²) in [6, 6.07) is 18.9. The number of aryl methyl sites for hydroxylation is 1. The minimum Gasteiger partial charge on any atom is -0.497 e. The van der Waals surface area contributed by atoms with Crippen LogP contribution in [0.1, 0.15) is 11.1 Å². The van der Waals surface area contributed by atoms with Crippen LogP contribution in [0.2, 0.25) is 5.02 Å². The van der Waals surface area contributed by atoms with Crippen LogP contribution in [-0.4, -0.2) is 17.6 Å². The van der Waals surface area contributed by atoms with Gasteiger partial charge in [0.2, 0.25) is 5.91 Å². The van der Waals surface area contributed by atoms with E-state index in [0.717, 1.165) is 16.6 Å². The second-order valence-electron chi connectivity index (χ2n) is 7.88. The monoisotopic (exact) mass is 479 g/mol. The van der Waals surface area contributed by atoms with Gasteiger partial charge in [0.15, 0.2) is 0 Å². The number of pyridine rings is 1. The first kappa shape index (κ1) is 23.3. The molecule has 0 spiro atoms. The number of hydrogen-bond donors (Lipinski definition) is 2. The normalized spacial score (nSPS) is 10.8. The summed E-state index contributed by atoms with van der Waals surface area (Å²) < 4.78 is 20.1. The third-order valence-electron chi connectivity index (χ3n) is 5.42. The van der Waals surface area contributed by atoms with Crippen LogP contribution >= 0.6 is 11.6 Å². The highest BCUT2D eigenvalue weighted by atomic mass is 35.5. The lowest BCUT2D eigenvalue weighted by Gasteiger charge is -2.15. The number of carbonyl (C=O) groups excluding carboxylic acids is 1. The number of rotatable bonds is 7. The van der Waals surface area contributed by atoms with Crippen LogP contribution in [0.4, 0.5) is 15.8 Å². The van der Waals surface area contributed by atoms with Gasteiger partial charge < -0.3 is 15.4 Å². The van der Waals surface area contributed by atoms with Gasteiger partial charge in [0.05, 0.1) is 17.6 Å². The second kappa shape index (κ2) is 9.97. The van der Waals surface area contributed by atoms with E-state index in [9.17, 15) is 14.0 Å². The minimum atomic E-state index is -0.581. The number of amides is 1. The molecule has 0 atom stereocenters. The molecule has 0 saturated heterocycles. The summed E-state index contributed by atoms with van der Waals surface area (Å²) in [7, 11) is 1.54. The van der Waals surface area contributed by atoms with E-state index in [-0.39, 0.29) is 17.1 Å². The molecular weight excluding hydrogens is 457 g/mol. The van der Waals surface area contributed by atoms with Crippen molar-refractivity contribution in [2.45, 2.75) is 20.0 Å². The van der Waals surface area contributed by atoms with E-state index in [0.29, 0.717) is 29.1 Å². The third kappa shape index (κ3) is 5.21. The van der Waals surface area contributed by atoms with Crippen molar-refractivity contribution in [1.29, 1.82) is 0 Å². The molecule has 3 aromatic carbocycles. The molecule has 8 heteroatoms. The number of nitrogens with one attached hydrogen (secondary N) is 2. The number of nitrogens with zero attached hydrogens (tertiary/aromatic N) is 1. The molecular formula is C26H23ClFN3O3. The largest absolute Gasteiger partial charge is 0.497 e. The molecule has 1 heterocycles. The molecule has 4 aromatic rings. The molecule has 1 aromatic heterocycles. The van der Waals surface area contributed by atoms with Crippen molar-refractivity contribution >= 4 is 39.8 Å². The Bertz CT molecular complexity index is 1420. The van der Waals surface area contributed by atoms with E-state index in [2.05, 4.69) is 10.6 Å². The predicted octanol–water partition coefficient (Wildman–Crippen LogP) is 5.36. The highest BCUT2D eigenvalue weighted by Crippen LogP contribution is 2.22. The van der Waals surface area contributed by atoms with Gasteiger partial charge in [-0.15, -0.1) is 0 Å². The van der Waals surface area contributed by atoms with Crippen LogP contribution in [0.25, 0.3) is 10.9 Å². The van der Waals surface area contributed by atoms with Gasteiger partial charge in [0.1, 0.15) is 18.1 Å². The summed E-state index contributed by atoms with van der Waals surface area (Å²) in [4.78, 5) is 26.2. The minimum absolute atomic E-state index is 0.102. The molecule has 0 aliphatic rings. The number of ether oxygens (including phenoxy) is 1. The predicted molar refractivity (Wildman–Crippen MR) is 133 cm³/mol. The number of anilines is 2. The Balaban J connectivity index is 1.66. The Kier molecular flexibility index (Phi) is 6.84. The number of carbonyl (C=O) groups is 1. The molecule has 0 radical (unpaired) electrons. The first-order valence-corrected chi connectivity index (χ1v) is 11.0. The van der Waals surface area contributed by atoms with E-state index < -0.39 is 11.7 Å². The quantitative estimate of drug-likeness (QED) is 0.374. The molecule has 174 valence electrons. The molecule has 34 heavy (non-hydrogen) atoms. The third-order valence-corrected chi connectivity index (χ3v) is 5.71. The molecule has 0 aliphatic carbocycles. The molecule has 2 N–H and O–H groups in total. The van der Waals surface area contributed by atoms with E-state index in [4.69, 9.17) is 16.3 Å². The van der Waals surface area contributed by atoms with Crippen molar-refractivity contribution in [2.75, 3.05) is 17.7 Å². The maximum atomic E-state index is 13.4. The molecule has 0 unspecified atom stereocenters. The van der Waals surface area contributed by atoms with E-state index in [1.165, 1.54) is 29.9 Å². The van der Waals surface area contributed by atoms with Gasteiger partial charge in [0.25, 0.3) is 5.56 Å². The number of methoxy groups -OCH3 is 1. The van der Waals surface area contributed by atoms with Gasteiger partial charge in [-0.2, -0.15) is 0 Å². The second-order valence-corrected chi connectivity index (χ2v) is 8.29. The summed E-state index contributed by atoms with van der Waals surface area (Å²) in [6.07, 6.45) is 0. The molecule has 0 aliphatic heterocycles. The molecule has 6 nitrogen and oxygen atoms in total. The van der Waals surface area contributed by atoms with Gasteiger partial charge in [0, 0.05) is 29.5 Å². The Morgan fingerprint density at radius 1 is 1.03 bits per heavy atom. The van der Waals surface area contributed by atoms with Crippen molar-refractivity contribution in [3.63, 3.8) is 0 Å². The first-order chi connectivity index (χ1) is 16.3. The average Bonchev–Trinajstić information content (AvgIpc) is 2.83. The topological polar surface area (TPSA) is 72.4 Å². The van der Waals surface area contributed by atoms with Crippen LogP contribution in [0.5, 0.6) is 5.75 Å². The molecule has 0 bridgehead atoms. The number of halogens is 2. The molecule has 1 amide bonds. The first-order valence-electron chi connectivity index (χ1n) is 10.6. The van der Waals surface area contributed by atoms with Crippen LogP contribution in [0.3, 0.4) is 0 Å².